The molecule has 0 aliphatic rings. The van der Waals surface area contributed by atoms with Crippen LogP contribution in [0.5, 0.6) is 0 Å². The number of benzene rings is 1. The van der Waals surface area contributed by atoms with Crippen molar-refractivity contribution in [3.05, 3.63) is 29.8 Å². The van der Waals surface area contributed by atoms with E-state index in [9.17, 15) is 4.79 Å². The molecule has 1 aromatic carbocycles. The van der Waals surface area contributed by atoms with Gasteiger partial charge in [0.1, 0.15) is 0 Å². The minimum atomic E-state index is -0.215. The van der Waals surface area contributed by atoms with Gasteiger partial charge in [0.25, 0.3) is 0 Å². The summed E-state index contributed by atoms with van der Waals surface area (Å²) in [6.45, 7) is 1.96. The third-order valence-corrected chi connectivity index (χ3v) is 1.93. The highest BCUT2D eigenvalue weighted by atomic mass is 35.5. The van der Waals surface area contributed by atoms with E-state index in [1.807, 2.05) is 31.2 Å². The standard InChI is InChI=1S/C10H11ClN2O/c1-8-4-2-3-5-10(8)13-12-7-9(14)6-11/h2-5,7,13H,6H2,1H3/b12-7+. The van der Waals surface area contributed by atoms with E-state index in [-0.39, 0.29) is 11.7 Å². The van der Waals surface area contributed by atoms with Gasteiger partial charge < -0.3 is 0 Å². The molecule has 0 aliphatic carbocycles. The van der Waals surface area contributed by atoms with E-state index in [0.29, 0.717) is 0 Å². The van der Waals surface area contributed by atoms with E-state index in [1.165, 1.54) is 6.21 Å². The summed E-state index contributed by atoms with van der Waals surface area (Å²) < 4.78 is 0. The van der Waals surface area contributed by atoms with Gasteiger partial charge in [0.2, 0.25) is 0 Å². The Morgan fingerprint density at radius 3 is 2.93 bits per heavy atom. The lowest BCUT2D eigenvalue weighted by atomic mass is 10.2. The molecular weight excluding hydrogens is 200 g/mol. The second kappa shape index (κ2) is 5.40. The molecule has 0 radical (unpaired) electrons. The average Bonchev–Trinajstić information content (AvgIpc) is 2.20. The van der Waals surface area contributed by atoms with Crippen LogP contribution < -0.4 is 5.43 Å². The Bertz CT molecular complexity index is 350. The molecule has 0 spiro atoms. The number of nitrogens with one attached hydrogen (secondary N) is 1. The molecular formula is C10H11ClN2O. The maximum Gasteiger partial charge on any atom is 0.190 e. The van der Waals surface area contributed by atoms with Crippen molar-refractivity contribution in [1.29, 1.82) is 0 Å². The van der Waals surface area contributed by atoms with Gasteiger partial charge in [-0.2, -0.15) is 5.10 Å². The van der Waals surface area contributed by atoms with Crippen LogP contribution in [0.3, 0.4) is 0 Å². The Morgan fingerprint density at radius 1 is 1.57 bits per heavy atom. The zero-order chi connectivity index (χ0) is 10.4. The van der Waals surface area contributed by atoms with E-state index in [0.717, 1.165) is 11.3 Å². The van der Waals surface area contributed by atoms with Crippen LogP contribution in [0.15, 0.2) is 29.4 Å². The minimum Gasteiger partial charge on any atom is -0.292 e. The number of aryl methyl sites for hydroxylation is 1. The number of halogens is 1. The smallest absolute Gasteiger partial charge is 0.190 e. The highest BCUT2D eigenvalue weighted by Crippen LogP contribution is 2.12. The predicted molar refractivity (Wildman–Crippen MR) is 59.0 cm³/mol. The lowest BCUT2D eigenvalue weighted by Gasteiger charge is -2.02. The normalized spacial score (nSPS) is 10.4. The summed E-state index contributed by atoms with van der Waals surface area (Å²) in [5.74, 6) is -0.258. The molecule has 0 unspecified atom stereocenters. The molecule has 0 amide bonds. The summed E-state index contributed by atoms with van der Waals surface area (Å²) in [4.78, 5) is 10.8. The van der Waals surface area contributed by atoms with Crippen LogP contribution in [-0.2, 0) is 4.79 Å². The number of para-hydroxylation sites is 1. The van der Waals surface area contributed by atoms with E-state index in [4.69, 9.17) is 11.6 Å². The van der Waals surface area contributed by atoms with Crippen molar-refractivity contribution in [1.82, 2.24) is 0 Å². The fraction of sp³-hybridized carbons (Fsp3) is 0.200. The maximum absolute atomic E-state index is 10.8. The zero-order valence-electron chi connectivity index (χ0n) is 7.83. The molecule has 0 aliphatic heterocycles. The number of nitrogens with zero attached hydrogens (tertiary/aromatic N) is 1. The molecule has 0 heterocycles. The van der Waals surface area contributed by atoms with Crippen molar-refractivity contribution in [2.45, 2.75) is 6.92 Å². The maximum atomic E-state index is 10.8. The van der Waals surface area contributed by atoms with Crippen molar-refractivity contribution >= 4 is 29.3 Å². The third kappa shape index (κ3) is 3.18. The van der Waals surface area contributed by atoms with Gasteiger partial charge in [-0.1, -0.05) is 18.2 Å². The van der Waals surface area contributed by atoms with Crippen LogP contribution in [0.4, 0.5) is 5.69 Å². The molecule has 0 bridgehead atoms. The van der Waals surface area contributed by atoms with Crippen molar-refractivity contribution in [2.75, 3.05) is 11.3 Å². The summed E-state index contributed by atoms with van der Waals surface area (Å²) in [7, 11) is 0. The van der Waals surface area contributed by atoms with Crippen LogP contribution in [0.25, 0.3) is 0 Å². The number of hydrogen-bond donors (Lipinski definition) is 1. The average molecular weight is 211 g/mol. The van der Waals surface area contributed by atoms with Gasteiger partial charge in [-0.25, -0.2) is 0 Å². The number of rotatable bonds is 4. The van der Waals surface area contributed by atoms with Gasteiger partial charge in [-0.15, -0.1) is 11.6 Å². The highest BCUT2D eigenvalue weighted by molar-refractivity contribution is 6.41. The van der Waals surface area contributed by atoms with Gasteiger partial charge in [0, 0.05) is 0 Å². The molecule has 0 saturated heterocycles. The van der Waals surface area contributed by atoms with E-state index >= 15 is 0 Å². The number of carbonyl (C=O) groups excluding carboxylic acids is 1. The first kappa shape index (κ1) is 10.7. The number of hydrazone groups is 1. The predicted octanol–water partition coefficient (Wildman–Crippen LogP) is 2.20. The van der Waals surface area contributed by atoms with E-state index in [2.05, 4.69) is 10.5 Å². The molecule has 4 heteroatoms. The molecule has 0 atom stereocenters. The highest BCUT2D eigenvalue weighted by Gasteiger charge is 1.94. The molecule has 0 saturated carbocycles. The second-order valence-electron chi connectivity index (χ2n) is 2.78. The van der Waals surface area contributed by atoms with Crippen molar-refractivity contribution in [3.8, 4) is 0 Å². The Morgan fingerprint density at radius 2 is 2.29 bits per heavy atom. The SMILES string of the molecule is Cc1ccccc1N/N=C/C(=O)CCl. The third-order valence-electron chi connectivity index (χ3n) is 1.67. The van der Waals surface area contributed by atoms with Crippen LogP contribution in [0.1, 0.15) is 5.56 Å². The van der Waals surface area contributed by atoms with Gasteiger partial charge in [-0.05, 0) is 18.6 Å². The lowest BCUT2D eigenvalue weighted by Crippen LogP contribution is -2.02. The minimum absolute atomic E-state index is 0.0427. The largest absolute Gasteiger partial charge is 0.292 e. The fourth-order valence-corrected chi connectivity index (χ4v) is 0.976. The van der Waals surface area contributed by atoms with E-state index < -0.39 is 0 Å². The molecule has 0 fully saturated rings. The van der Waals surface area contributed by atoms with Crippen LogP contribution >= 0.6 is 11.6 Å². The Balaban J connectivity index is 2.58. The lowest BCUT2D eigenvalue weighted by molar-refractivity contribution is -0.110. The molecule has 1 rings (SSSR count). The quantitative estimate of drug-likeness (QED) is 0.470. The monoisotopic (exact) mass is 210 g/mol. The molecule has 3 nitrogen and oxygen atoms in total. The van der Waals surface area contributed by atoms with Gasteiger partial charge in [0.05, 0.1) is 17.8 Å². The van der Waals surface area contributed by atoms with Gasteiger partial charge in [-0.3, -0.25) is 10.2 Å². The van der Waals surface area contributed by atoms with Crippen molar-refractivity contribution in [2.24, 2.45) is 5.10 Å². The number of anilines is 1. The summed E-state index contributed by atoms with van der Waals surface area (Å²) in [6, 6.07) is 7.68. The first-order chi connectivity index (χ1) is 6.74. The Hall–Kier alpha value is -1.35. The topological polar surface area (TPSA) is 41.5 Å². The molecule has 0 aromatic heterocycles. The number of alkyl halides is 1. The first-order valence-corrected chi connectivity index (χ1v) is 4.71. The Labute approximate surface area is 87.8 Å². The van der Waals surface area contributed by atoms with Crippen LogP contribution in [0, 0.1) is 6.92 Å². The summed E-state index contributed by atoms with van der Waals surface area (Å²) >= 11 is 5.30. The number of carbonyl (C=O) groups is 1. The van der Waals surface area contributed by atoms with E-state index in [1.54, 1.807) is 0 Å². The van der Waals surface area contributed by atoms with Crippen molar-refractivity contribution in [3.63, 3.8) is 0 Å². The second-order valence-corrected chi connectivity index (χ2v) is 3.05. The Kier molecular flexibility index (Phi) is 4.13. The molecule has 74 valence electrons. The summed E-state index contributed by atoms with van der Waals surface area (Å²) in [5, 5.41) is 3.76. The number of Topliss-reactive ketones (excluding diaryl/α,β-unsaturated/α-hetero) is 1. The van der Waals surface area contributed by atoms with Gasteiger partial charge >= 0.3 is 0 Å². The molecule has 1 aromatic rings. The zero-order valence-corrected chi connectivity index (χ0v) is 8.58. The van der Waals surface area contributed by atoms with Crippen LogP contribution in [0.2, 0.25) is 0 Å². The first-order valence-electron chi connectivity index (χ1n) is 4.17. The molecule has 1 N–H and O–H groups in total. The van der Waals surface area contributed by atoms with Crippen LogP contribution in [-0.4, -0.2) is 17.9 Å². The molecule has 14 heavy (non-hydrogen) atoms. The summed E-state index contributed by atoms with van der Waals surface area (Å²) in [6.07, 6.45) is 1.18. The number of ketones is 1. The number of hydrogen-bond acceptors (Lipinski definition) is 3. The fourth-order valence-electron chi connectivity index (χ4n) is 0.907. The van der Waals surface area contributed by atoms with Gasteiger partial charge in [0.15, 0.2) is 5.78 Å². The summed E-state index contributed by atoms with van der Waals surface area (Å²) in [5.41, 5.74) is 4.72. The van der Waals surface area contributed by atoms with Crippen molar-refractivity contribution < 1.29 is 4.79 Å².